The van der Waals surface area contributed by atoms with E-state index in [1.54, 1.807) is 30.3 Å². The van der Waals surface area contributed by atoms with Gasteiger partial charge in [0.05, 0.1) is 20.5 Å². The topological polar surface area (TPSA) is 58.6 Å². The molecule has 0 amide bonds. The summed E-state index contributed by atoms with van der Waals surface area (Å²) in [4.78, 5) is 16.8. The number of halogens is 2. The number of thiophene rings is 1. The molecule has 0 saturated heterocycles. The summed E-state index contributed by atoms with van der Waals surface area (Å²) < 4.78 is 14.2. The maximum absolute atomic E-state index is 13.7. The number of carbonyl (C=O) groups excluding carboxylic acids is 1. The normalized spacial score (nSPS) is 10.8. The molecule has 0 bridgehead atoms. The molecule has 3 aromatic rings. The second kappa shape index (κ2) is 6.60. The van der Waals surface area contributed by atoms with Crippen LogP contribution in [0.4, 0.5) is 4.39 Å². The highest BCUT2D eigenvalue weighted by Crippen LogP contribution is 2.25. The highest BCUT2D eigenvalue weighted by molar-refractivity contribution is 7.99. The molecular formula is C14H9ClFN3OS2. The predicted molar refractivity (Wildman–Crippen MR) is 86.2 cm³/mol. The lowest BCUT2D eigenvalue weighted by molar-refractivity contribution is 0.102. The summed E-state index contributed by atoms with van der Waals surface area (Å²) in [7, 11) is 0. The Morgan fingerprint density at radius 3 is 2.86 bits per heavy atom. The zero-order chi connectivity index (χ0) is 15.5. The number of nitrogens with zero attached hydrogens (tertiary/aromatic N) is 2. The van der Waals surface area contributed by atoms with Crippen LogP contribution in [0.25, 0.3) is 11.4 Å². The lowest BCUT2D eigenvalue weighted by Gasteiger charge is -1.96. The molecule has 3 rings (SSSR count). The van der Waals surface area contributed by atoms with Crippen LogP contribution in [0.5, 0.6) is 0 Å². The van der Waals surface area contributed by atoms with Crippen LogP contribution >= 0.6 is 34.7 Å². The maximum atomic E-state index is 13.7. The highest BCUT2D eigenvalue weighted by atomic mass is 35.5. The Hall–Kier alpha value is -1.70. The van der Waals surface area contributed by atoms with Crippen molar-refractivity contribution in [1.29, 1.82) is 0 Å². The van der Waals surface area contributed by atoms with E-state index in [-0.39, 0.29) is 17.4 Å². The van der Waals surface area contributed by atoms with E-state index in [9.17, 15) is 9.18 Å². The van der Waals surface area contributed by atoms with E-state index in [4.69, 9.17) is 11.6 Å². The highest BCUT2D eigenvalue weighted by Gasteiger charge is 2.13. The number of carbonyl (C=O) groups is 1. The van der Waals surface area contributed by atoms with Crippen LogP contribution in [0.3, 0.4) is 0 Å². The summed E-state index contributed by atoms with van der Waals surface area (Å²) >= 11 is 8.23. The molecule has 0 aliphatic carbocycles. The van der Waals surface area contributed by atoms with Gasteiger partial charge in [-0.15, -0.1) is 16.4 Å². The first-order chi connectivity index (χ1) is 10.6. The zero-order valence-corrected chi connectivity index (χ0v) is 13.4. The van der Waals surface area contributed by atoms with Crippen LogP contribution in [-0.2, 0) is 0 Å². The van der Waals surface area contributed by atoms with E-state index in [1.807, 2.05) is 0 Å². The number of thioether (sulfide) groups is 1. The fraction of sp³-hybridized carbons (Fsp3) is 0.0714. The summed E-state index contributed by atoms with van der Waals surface area (Å²) in [6, 6.07) is 9.68. The van der Waals surface area contributed by atoms with Crippen molar-refractivity contribution in [3.8, 4) is 11.4 Å². The average Bonchev–Trinajstić information content (AvgIpc) is 3.14. The Morgan fingerprint density at radius 1 is 1.32 bits per heavy atom. The number of rotatable bonds is 5. The van der Waals surface area contributed by atoms with Crippen molar-refractivity contribution in [3.05, 3.63) is 51.4 Å². The molecule has 0 aliphatic heterocycles. The van der Waals surface area contributed by atoms with Gasteiger partial charge in [-0.3, -0.25) is 9.89 Å². The maximum Gasteiger partial charge on any atom is 0.209 e. The van der Waals surface area contributed by atoms with E-state index in [2.05, 4.69) is 15.2 Å². The molecule has 8 heteroatoms. The summed E-state index contributed by atoms with van der Waals surface area (Å²) in [6.45, 7) is 0. The molecule has 2 aromatic heterocycles. The first-order valence-electron chi connectivity index (χ1n) is 6.22. The molecule has 112 valence electrons. The number of hydrogen-bond acceptors (Lipinski definition) is 5. The standard InChI is InChI=1S/C14H9ClFN3OS2/c15-12-6-5-11(22-12)10(20)7-21-14-17-13(18-19-14)8-3-1-2-4-9(8)16/h1-6H,7H2,(H,17,18,19). The van der Waals surface area contributed by atoms with Crippen molar-refractivity contribution in [2.24, 2.45) is 0 Å². The van der Waals surface area contributed by atoms with Crippen molar-refractivity contribution in [2.45, 2.75) is 5.16 Å². The summed E-state index contributed by atoms with van der Waals surface area (Å²) in [5.41, 5.74) is 0.346. The lowest BCUT2D eigenvalue weighted by Crippen LogP contribution is -1.99. The molecule has 0 unspecified atom stereocenters. The zero-order valence-electron chi connectivity index (χ0n) is 11.0. The molecule has 0 aliphatic rings. The van der Waals surface area contributed by atoms with Crippen molar-refractivity contribution in [1.82, 2.24) is 15.2 Å². The van der Waals surface area contributed by atoms with Gasteiger partial charge in [0, 0.05) is 0 Å². The number of aromatic amines is 1. The Morgan fingerprint density at radius 2 is 2.14 bits per heavy atom. The summed E-state index contributed by atoms with van der Waals surface area (Å²) in [5, 5.41) is 7.07. The van der Waals surface area contributed by atoms with E-state index in [1.165, 1.54) is 29.2 Å². The van der Waals surface area contributed by atoms with Crippen molar-refractivity contribution in [3.63, 3.8) is 0 Å². The number of Topliss-reactive ketones (excluding diaryl/α,β-unsaturated/α-hetero) is 1. The van der Waals surface area contributed by atoms with Crippen molar-refractivity contribution < 1.29 is 9.18 Å². The van der Waals surface area contributed by atoms with Crippen LogP contribution in [0.1, 0.15) is 9.67 Å². The van der Waals surface area contributed by atoms with Gasteiger partial charge in [-0.2, -0.15) is 0 Å². The van der Waals surface area contributed by atoms with Gasteiger partial charge in [0.1, 0.15) is 5.82 Å². The second-order valence-electron chi connectivity index (χ2n) is 4.26. The minimum Gasteiger partial charge on any atom is -0.292 e. The van der Waals surface area contributed by atoms with Crippen LogP contribution in [0.15, 0.2) is 41.6 Å². The molecule has 2 heterocycles. The Balaban J connectivity index is 1.67. The third-order valence-corrected chi connectivity index (χ3v) is 4.89. The number of aromatic nitrogens is 3. The largest absolute Gasteiger partial charge is 0.292 e. The molecule has 22 heavy (non-hydrogen) atoms. The quantitative estimate of drug-likeness (QED) is 0.548. The monoisotopic (exact) mass is 353 g/mol. The van der Waals surface area contributed by atoms with E-state index in [0.29, 0.717) is 25.8 Å². The number of H-pyrrole nitrogens is 1. The van der Waals surface area contributed by atoms with Gasteiger partial charge in [-0.05, 0) is 24.3 Å². The molecule has 0 radical (unpaired) electrons. The SMILES string of the molecule is O=C(CSc1n[nH]c(-c2ccccc2F)n1)c1ccc(Cl)s1. The third kappa shape index (κ3) is 3.37. The Bertz CT molecular complexity index is 818. The Labute approximate surface area is 138 Å². The molecule has 0 atom stereocenters. The molecular weight excluding hydrogens is 345 g/mol. The van der Waals surface area contributed by atoms with Crippen molar-refractivity contribution in [2.75, 3.05) is 5.75 Å². The molecule has 0 spiro atoms. The second-order valence-corrected chi connectivity index (χ2v) is 6.92. The van der Waals surface area contributed by atoms with Crippen LogP contribution in [-0.4, -0.2) is 26.7 Å². The molecule has 4 nitrogen and oxygen atoms in total. The minimum absolute atomic E-state index is 0.0425. The van der Waals surface area contributed by atoms with Gasteiger partial charge >= 0.3 is 0 Å². The first kappa shape index (κ1) is 15.2. The molecule has 0 saturated carbocycles. The molecule has 1 N–H and O–H groups in total. The van der Waals surface area contributed by atoms with Gasteiger partial charge in [-0.1, -0.05) is 35.5 Å². The van der Waals surface area contributed by atoms with Gasteiger partial charge in [0.2, 0.25) is 5.16 Å². The van der Waals surface area contributed by atoms with Crippen molar-refractivity contribution >= 4 is 40.5 Å². The average molecular weight is 354 g/mol. The fourth-order valence-corrected chi connectivity index (χ4v) is 3.50. The Kier molecular flexibility index (Phi) is 4.56. The lowest BCUT2D eigenvalue weighted by atomic mass is 10.2. The van der Waals surface area contributed by atoms with Crippen LogP contribution < -0.4 is 0 Å². The fourth-order valence-electron chi connectivity index (χ4n) is 1.75. The smallest absolute Gasteiger partial charge is 0.209 e. The van der Waals surface area contributed by atoms with Gasteiger partial charge in [0.25, 0.3) is 0 Å². The van der Waals surface area contributed by atoms with Gasteiger partial charge < -0.3 is 0 Å². The third-order valence-electron chi connectivity index (χ3n) is 2.77. The molecule has 1 aromatic carbocycles. The van der Waals surface area contributed by atoms with Gasteiger partial charge in [-0.25, -0.2) is 9.37 Å². The summed E-state index contributed by atoms with van der Waals surface area (Å²) in [5.74, 6) is 0.122. The first-order valence-corrected chi connectivity index (χ1v) is 8.40. The number of hydrogen-bond donors (Lipinski definition) is 1. The number of benzene rings is 1. The van der Waals surface area contributed by atoms with E-state index in [0.717, 1.165) is 0 Å². The number of ketones is 1. The van der Waals surface area contributed by atoms with E-state index >= 15 is 0 Å². The minimum atomic E-state index is -0.375. The number of nitrogens with one attached hydrogen (secondary N) is 1. The van der Waals surface area contributed by atoms with E-state index < -0.39 is 0 Å². The van der Waals surface area contributed by atoms with Gasteiger partial charge in [0.15, 0.2) is 11.6 Å². The summed E-state index contributed by atoms with van der Waals surface area (Å²) in [6.07, 6.45) is 0. The van der Waals surface area contributed by atoms with Crippen LogP contribution in [0.2, 0.25) is 4.34 Å². The van der Waals surface area contributed by atoms with Crippen LogP contribution in [0, 0.1) is 5.82 Å². The predicted octanol–water partition coefficient (Wildman–Crippen LogP) is 4.30. The molecule has 0 fully saturated rings.